The van der Waals surface area contributed by atoms with Gasteiger partial charge < -0.3 is 9.67 Å². The fraction of sp³-hybridized carbons (Fsp3) is 0.846. The first kappa shape index (κ1) is 20.7. The second-order valence-electron chi connectivity index (χ2n) is 12.1. The Hall–Kier alpha value is -1.16. The number of carbonyl (C=O) groups is 1. The molecular weight excluding hydrogens is 372 g/mol. The molecular formula is C26H40N2O2. The number of aliphatic hydroxyl groups is 1. The van der Waals surface area contributed by atoms with Gasteiger partial charge in [0.15, 0.2) is 5.78 Å². The molecule has 0 amide bonds. The Bertz CT molecular complexity index is 829. The number of hydrogen-bond acceptors (Lipinski definition) is 3. The van der Waals surface area contributed by atoms with E-state index in [4.69, 9.17) is 0 Å². The Morgan fingerprint density at radius 3 is 2.57 bits per heavy atom. The number of Topliss-reactive ketones (excluding diaryl/α,β-unsaturated/α-hetero) is 1. The van der Waals surface area contributed by atoms with Gasteiger partial charge >= 0.3 is 0 Å². The summed E-state index contributed by atoms with van der Waals surface area (Å²) >= 11 is 0. The molecule has 5 rings (SSSR count). The van der Waals surface area contributed by atoms with Crippen molar-refractivity contribution in [2.24, 2.45) is 40.4 Å². The minimum Gasteiger partial charge on any atom is -0.390 e. The first-order valence-corrected chi connectivity index (χ1v) is 12.4. The van der Waals surface area contributed by atoms with Gasteiger partial charge in [0.25, 0.3) is 0 Å². The largest absolute Gasteiger partial charge is 0.390 e. The standard InChI is InChI=1S/C26H40N2O2/c1-17-27-13-14-28(17)16-23(29)22-8-7-20-19-6-5-18-15-24(2,30)11-12-25(18,3)21(19)9-10-26(20,22)4/h13-14,18-22,30H,5-12,15-16H2,1-4H3/t18-,19+,20+,21+,22-,24-,25+,26+/m1/s1. The van der Waals surface area contributed by atoms with Crippen molar-refractivity contribution < 1.29 is 9.90 Å². The normalized spacial score (nSPS) is 48.0. The third kappa shape index (κ3) is 3.04. The second-order valence-corrected chi connectivity index (χ2v) is 12.1. The van der Waals surface area contributed by atoms with E-state index in [1.165, 1.54) is 38.5 Å². The molecule has 0 bridgehead atoms. The molecule has 4 heteroatoms. The molecule has 1 aromatic heterocycles. The van der Waals surface area contributed by atoms with Crippen molar-refractivity contribution >= 4 is 5.78 Å². The Balaban J connectivity index is 1.35. The van der Waals surface area contributed by atoms with Gasteiger partial charge in [-0.1, -0.05) is 13.8 Å². The number of ketones is 1. The van der Waals surface area contributed by atoms with Crippen LogP contribution in [0.1, 0.15) is 84.4 Å². The third-order valence-corrected chi connectivity index (χ3v) is 10.6. The van der Waals surface area contributed by atoms with Gasteiger partial charge in [0, 0.05) is 18.3 Å². The molecule has 166 valence electrons. The quantitative estimate of drug-likeness (QED) is 0.745. The van der Waals surface area contributed by atoms with E-state index in [1.54, 1.807) is 6.20 Å². The Morgan fingerprint density at radius 2 is 1.83 bits per heavy atom. The summed E-state index contributed by atoms with van der Waals surface area (Å²) in [5.74, 6) is 4.52. The summed E-state index contributed by atoms with van der Waals surface area (Å²) in [7, 11) is 0. The van der Waals surface area contributed by atoms with E-state index in [2.05, 4.69) is 18.8 Å². The van der Waals surface area contributed by atoms with Crippen molar-refractivity contribution in [3.63, 3.8) is 0 Å². The molecule has 0 radical (unpaired) electrons. The van der Waals surface area contributed by atoms with Crippen molar-refractivity contribution in [1.82, 2.24) is 9.55 Å². The summed E-state index contributed by atoms with van der Waals surface area (Å²) in [6.45, 7) is 9.52. The topological polar surface area (TPSA) is 55.1 Å². The second kappa shape index (κ2) is 6.92. The van der Waals surface area contributed by atoms with Crippen molar-refractivity contribution in [2.75, 3.05) is 0 Å². The molecule has 0 spiro atoms. The van der Waals surface area contributed by atoms with E-state index in [0.29, 0.717) is 29.6 Å². The summed E-state index contributed by atoms with van der Waals surface area (Å²) in [6, 6.07) is 0. The minimum absolute atomic E-state index is 0.177. The van der Waals surface area contributed by atoms with E-state index in [1.807, 2.05) is 24.6 Å². The van der Waals surface area contributed by atoms with Crippen LogP contribution < -0.4 is 0 Å². The maximum Gasteiger partial charge on any atom is 0.156 e. The Labute approximate surface area is 181 Å². The van der Waals surface area contributed by atoms with Gasteiger partial charge in [0.2, 0.25) is 0 Å². The van der Waals surface area contributed by atoms with Gasteiger partial charge in [-0.15, -0.1) is 0 Å². The van der Waals surface area contributed by atoms with E-state index < -0.39 is 5.60 Å². The van der Waals surface area contributed by atoms with Gasteiger partial charge in [0.05, 0.1) is 12.1 Å². The van der Waals surface area contributed by atoms with Crippen LogP contribution in [0.2, 0.25) is 0 Å². The monoisotopic (exact) mass is 412 g/mol. The lowest BCUT2D eigenvalue weighted by atomic mass is 9.44. The Kier molecular flexibility index (Phi) is 4.78. The maximum absolute atomic E-state index is 13.4. The smallest absolute Gasteiger partial charge is 0.156 e. The average molecular weight is 413 g/mol. The lowest BCUT2D eigenvalue weighted by Gasteiger charge is -2.61. The molecule has 4 aliphatic rings. The zero-order chi connectivity index (χ0) is 21.3. The zero-order valence-corrected chi connectivity index (χ0v) is 19.4. The number of aryl methyl sites for hydroxylation is 1. The fourth-order valence-corrected chi connectivity index (χ4v) is 8.81. The fourth-order valence-electron chi connectivity index (χ4n) is 8.81. The molecule has 8 atom stereocenters. The van der Waals surface area contributed by atoms with Gasteiger partial charge in [0.1, 0.15) is 5.82 Å². The van der Waals surface area contributed by atoms with Gasteiger partial charge in [-0.2, -0.15) is 0 Å². The number of aromatic nitrogens is 2. The number of carbonyl (C=O) groups excluding carboxylic acids is 1. The van der Waals surface area contributed by atoms with Crippen LogP contribution in [-0.2, 0) is 11.3 Å². The number of imidazole rings is 1. The molecule has 1 N–H and O–H groups in total. The highest BCUT2D eigenvalue weighted by atomic mass is 16.3. The number of nitrogens with zero attached hydrogens (tertiary/aromatic N) is 2. The lowest BCUT2D eigenvalue weighted by molar-refractivity contribution is -0.151. The maximum atomic E-state index is 13.4. The van der Waals surface area contributed by atoms with Crippen molar-refractivity contribution in [2.45, 2.75) is 97.6 Å². The summed E-state index contributed by atoms with van der Waals surface area (Å²) in [5.41, 5.74) is 0.106. The predicted molar refractivity (Wildman–Crippen MR) is 118 cm³/mol. The van der Waals surface area contributed by atoms with Crippen LogP contribution in [0, 0.1) is 47.3 Å². The molecule has 0 aliphatic heterocycles. The van der Waals surface area contributed by atoms with Crippen LogP contribution in [0.15, 0.2) is 12.4 Å². The van der Waals surface area contributed by atoms with Crippen LogP contribution >= 0.6 is 0 Å². The first-order valence-electron chi connectivity index (χ1n) is 12.4. The number of hydrogen-bond donors (Lipinski definition) is 1. The van der Waals surface area contributed by atoms with Crippen LogP contribution in [0.4, 0.5) is 0 Å². The molecule has 4 aliphatic carbocycles. The third-order valence-electron chi connectivity index (χ3n) is 10.6. The molecule has 4 fully saturated rings. The summed E-state index contributed by atoms with van der Waals surface area (Å²) in [6.07, 6.45) is 14.2. The van der Waals surface area contributed by atoms with E-state index >= 15 is 0 Å². The van der Waals surface area contributed by atoms with Crippen molar-refractivity contribution in [3.05, 3.63) is 18.2 Å². The van der Waals surface area contributed by atoms with Crippen LogP contribution in [0.3, 0.4) is 0 Å². The van der Waals surface area contributed by atoms with Gasteiger partial charge in [-0.25, -0.2) is 4.98 Å². The number of rotatable bonds is 3. The molecule has 4 saturated carbocycles. The molecule has 0 unspecified atom stereocenters. The summed E-state index contributed by atoms with van der Waals surface area (Å²) < 4.78 is 2.02. The molecule has 1 aromatic rings. The average Bonchev–Trinajstić information content (AvgIpc) is 3.24. The summed E-state index contributed by atoms with van der Waals surface area (Å²) in [5, 5.41) is 10.7. The van der Waals surface area contributed by atoms with Gasteiger partial charge in [-0.05, 0) is 106 Å². The highest BCUT2D eigenvalue weighted by Crippen LogP contribution is 2.68. The summed E-state index contributed by atoms with van der Waals surface area (Å²) in [4.78, 5) is 17.7. The zero-order valence-electron chi connectivity index (χ0n) is 19.4. The molecule has 30 heavy (non-hydrogen) atoms. The van der Waals surface area contributed by atoms with Crippen molar-refractivity contribution in [3.8, 4) is 0 Å². The SMILES string of the molecule is Cc1nccn1CC(=O)[C@H]1CC[C@H]2[C@@H]3CC[C@@H]4C[C@](C)(O)CC[C@]4(C)[C@H]3CC[C@]12C. The van der Waals surface area contributed by atoms with Crippen LogP contribution in [0.5, 0.6) is 0 Å². The number of fused-ring (bicyclic) bond motifs is 5. The molecule has 1 heterocycles. The first-order chi connectivity index (χ1) is 14.1. The highest BCUT2D eigenvalue weighted by Gasteiger charge is 2.61. The van der Waals surface area contributed by atoms with Crippen LogP contribution in [-0.4, -0.2) is 26.0 Å². The predicted octanol–water partition coefficient (Wildman–Crippen LogP) is 5.17. The minimum atomic E-state index is -0.462. The van der Waals surface area contributed by atoms with E-state index in [9.17, 15) is 9.90 Å². The molecule has 0 aromatic carbocycles. The van der Waals surface area contributed by atoms with Gasteiger partial charge in [-0.3, -0.25) is 4.79 Å². The van der Waals surface area contributed by atoms with Crippen molar-refractivity contribution in [1.29, 1.82) is 0 Å². The van der Waals surface area contributed by atoms with E-state index in [-0.39, 0.29) is 11.3 Å². The lowest BCUT2D eigenvalue weighted by Crippen LogP contribution is -2.55. The highest BCUT2D eigenvalue weighted by molar-refractivity contribution is 5.82. The van der Waals surface area contributed by atoms with E-state index in [0.717, 1.165) is 36.9 Å². The van der Waals surface area contributed by atoms with Crippen LogP contribution in [0.25, 0.3) is 0 Å². The molecule has 0 saturated heterocycles. The molecule has 4 nitrogen and oxygen atoms in total. The Morgan fingerprint density at radius 1 is 1.07 bits per heavy atom.